The summed E-state index contributed by atoms with van der Waals surface area (Å²) in [6.45, 7) is 0.324. The summed E-state index contributed by atoms with van der Waals surface area (Å²) in [4.78, 5) is 24.1. The van der Waals surface area contributed by atoms with Crippen LogP contribution in [-0.2, 0) is 11.3 Å². The van der Waals surface area contributed by atoms with Crippen LogP contribution in [0.25, 0.3) is 0 Å². The molecular weight excluding hydrogens is 377 g/mol. The first-order valence-electron chi connectivity index (χ1n) is 8.19. The van der Waals surface area contributed by atoms with Crippen molar-refractivity contribution in [1.29, 1.82) is 0 Å². The molecule has 1 fully saturated rings. The number of methoxy groups -OCH3 is 1. The molecular formula is C18H19Cl2N3O3. The van der Waals surface area contributed by atoms with Crippen LogP contribution in [0.2, 0.25) is 10.0 Å². The Morgan fingerprint density at radius 1 is 1.23 bits per heavy atom. The Morgan fingerprint density at radius 3 is 2.69 bits per heavy atom. The van der Waals surface area contributed by atoms with Gasteiger partial charge >= 0.3 is 6.03 Å². The van der Waals surface area contributed by atoms with Crippen molar-refractivity contribution < 1.29 is 9.53 Å². The van der Waals surface area contributed by atoms with Crippen molar-refractivity contribution in [3.8, 4) is 0 Å². The van der Waals surface area contributed by atoms with E-state index in [9.17, 15) is 9.59 Å². The minimum atomic E-state index is -0.302. The first-order valence-corrected chi connectivity index (χ1v) is 8.95. The minimum absolute atomic E-state index is 0.113. The third-order valence-electron chi connectivity index (χ3n) is 4.34. The molecule has 0 atom stereocenters. The number of ether oxygens (including phenoxy) is 1. The normalized spacial score (nSPS) is 18.9. The van der Waals surface area contributed by atoms with E-state index >= 15 is 0 Å². The van der Waals surface area contributed by atoms with Gasteiger partial charge < -0.3 is 19.9 Å². The number of benzene rings is 1. The van der Waals surface area contributed by atoms with Crippen LogP contribution < -0.4 is 16.2 Å². The van der Waals surface area contributed by atoms with Gasteiger partial charge in [0.15, 0.2) is 0 Å². The van der Waals surface area contributed by atoms with E-state index in [1.807, 2.05) is 0 Å². The van der Waals surface area contributed by atoms with E-state index in [2.05, 4.69) is 10.6 Å². The van der Waals surface area contributed by atoms with Gasteiger partial charge in [-0.15, -0.1) is 0 Å². The predicted molar refractivity (Wildman–Crippen MR) is 102 cm³/mol. The number of hydrogen-bond donors (Lipinski definition) is 2. The SMILES string of the molecule is COC1CC(NC(=O)Nc2ccc(=O)n(Cc3ccc(Cl)c(Cl)c3)c2)C1. The molecule has 2 amide bonds. The van der Waals surface area contributed by atoms with Gasteiger partial charge in [-0.2, -0.15) is 0 Å². The largest absolute Gasteiger partial charge is 0.381 e. The molecule has 0 unspecified atom stereocenters. The Labute approximate surface area is 161 Å². The van der Waals surface area contributed by atoms with Gasteiger partial charge in [-0.25, -0.2) is 4.79 Å². The van der Waals surface area contributed by atoms with Gasteiger partial charge in [0.1, 0.15) is 0 Å². The molecule has 0 radical (unpaired) electrons. The zero-order valence-corrected chi connectivity index (χ0v) is 15.7. The van der Waals surface area contributed by atoms with E-state index in [-0.39, 0.29) is 23.7 Å². The van der Waals surface area contributed by atoms with Crippen molar-refractivity contribution in [1.82, 2.24) is 9.88 Å². The van der Waals surface area contributed by atoms with Crippen LogP contribution in [0.5, 0.6) is 0 Å². The van der Waals surface area contributed by atoms with Gasteiger partial charge in [-0.1, -0.05) is 29.3 Å². The molecule has 26 heavy (non-hydrogen) atoms. The van der Waals surface area contributed by atoms with Crippen LogP contribution in [0.15, 0.2) is 41.3 Å². The van der Waals surface area contributed by atoms with Gasteiger partial charge in [0.2, 0.25) is 0 Å². The van der Waals surface area contributed by atoms with Gasteiger partial charge in [0, 0.05) is 25.4 Å². The van der Waals surface area contributed by atoms with Crippen LogP contribution in [0.3, 0.4) is 0 Å². The highest BCUT2D eigenvalue weighted by Gasteiger charge is 2.30. The molecule has 0 aliphatic heterocycles. The van der Waals surface area contributed by atoms with Crippen LogP contribution in [0.4, 0.5) is 10.5 Å². The number of anilines is 1. The Hall–Kier alpha value is -2.02. The maximum atomic E-state index is 12.1. The van der Waals surface area contributed by atoms with Crippen LogP contribution in [0, 0.1) is 0 Å². The molecule has 1 aliphatic rings. The lowest BCUT2D eigenvalue weighted by Gasteiger charge is -2.34. The van der Waals surface area contributed by atoms with E-state index in [0.29, 0.717) is 22.3 Å². The van der Waals surface area contributed by atoms with Crippen LogP contribution in [0.1, 0.15) is 18.4 Å². The second-order valence-corrected chi connectivity index (χ2v) is 7.07. The lowest BCUT2D eigenvalue weighted by molar-refractivity contribution is 0.0210. The monoisotopic (exact) mass is 395 g/mol. The molecule has 0 bridgehead atoms. The molecule has 1 aromatic carbocycles. The number of hydrogen-bond acceptors (Lipinski definition) is 3. The third kappa shape index (κ3) is 4.58. The van der Waals surface area contributed by atoms with Crippen molar-refractivity contribution in [3.05, 3.63) is 62.5 Å². The van der Waals surface area contributed by atoms with Crippen molar-refractivity contribution in [3.63, 3.8) is 0 Å². The summed E-state index contributed by atoms with van der Waals surface area (Å²) in [5.41, 5.74) is 1.19. The fourth-order valence-corrected chi connectivity index (χ4v) is 3.11. The van der Waals surface area contributed by atoms with E-state index in [4.69, 9.17) is 27.9 Å². The smallest absolute Gasteiger partial charge is 0.319 e. The number of urea groups is 1. The number of nitrogens with zero attached hydrogens (tertiary/aromatic N) is 1. The summed E-state index contributed by atoms with van der Waals surface area (Å²) in [5, 5.41) is 6.52. The lowest BCUT2D eigenvalue weighted by atomic mass is 9.89. The zero-order valence-electron chi connectivity index (χ0n) is 14.2. The standard InChI is InChI=1S/C18H19Cl2N3O3/c1-26-14-7-13(8-14)22-18(25)21-12-3-5-17(24)23(10-12)9-11-2-4-15(19)16(20)6-11/h2-6,10,13-14H,7-9H2,1H3,(H2,21,22,25). The fourth-order valence-electron chi connectivity index (χ4n) is 2.79. The number of pyridine rings is 1. The molecule has 138 valence electrons. The van der Waals surface area contributed by atoms with Gasteiger partial charge in [-0.05, 0) is 36.6 Å². The topological polar surface area (TPSA) is 72.4 Å². The molecule has 1 heterocycles. The Bertz CT molecular complexity index is 863. The van der Waals surface area contributed by atoms with Crippen molar-refractivity contribution in [2.24, 2.45) is 0 Å². The van der Waals surface area contributed by atoms with Crippen molar-refractivity contribution in [2.45, 2.75) is 31.5 Å². The van der Waals surface area contributed by atoms with Crippen molar-refractivity contribution in [2.75, 3.05) is 12.4 Å². The highest BCUT2D eigenvalue weighted by molar-refractivity contribution is 6.42. The Kier molecular flexibility index (Phi) is 5.86. The minimum Gasteiger partial charge on any atom is -0.381 e. The Balaban J connectivity index is 1.64. The molecule has 8 heteroatoms. The zero-order chi connectivity index (χ0) is 18.7. The summed E-state index contributed by atoms with van der Waals surface area (Å²) < 4.78 is 6.69. The highest BCUT2D eigenvalue weighted by Crippen LogP contribution is 2.23. The maximum absolute atomic E-state index is 12.1. The molecule has 0 saturated heterocycles. The molecule has 6 nitrogen and oxygen atoms in total. The quantitative estimate of drug-likeness (QED) is 0.813. The van der Waals surface area contributed by atoms with E-state index < -0.39 is 0 Å². The summed E-state index contributed by atoms with van der Waals surface area (Å²) in [6, 6.07) is 8.00. The molecule has 0 spiro atoms. The highest BCUT2D eigenvalue weighted by atomic mass is 35.5. The maximum Gasteiger partial charge on any atom is 0.319 e. The molecule has 1 aromatic heterocycles. The Morgan fingerprint density at radius 2 is 2.00 bits per heavy atom. The summed E-state index contributed by atoms with van der Waals surface area (Å²) >= 11 is 11.9. The number of carbonyl (C=O) groups excluding carboxylic acids is 1. The number of carbonyl (C=O) groups is 1. The van der Waals surface area contributed by atoms with Crippen LogP contribution >= 0.6 is 23.2 Å². The lowest BCUT2D eigenvalue weighted by Crippen LogP contribution is -2.48. The number of rotatable bonds is 5. The van der Waals surface area contributed by atoms with Gasteiger partial charge in [0.25, 0.3) is 5.56 Å². The number of amides is 2. The van der Waals surface area contributed by atoms with Crippen molar-refractivity contribution >= 4 is 34.9 Å². The van der Waals surface area contributed by atoms with Gasteiger partial charge in [-0.3, -0.25) is 4.79 Å². The average Bonchev–Trinajstić information content (AvgIpc) is 2.57. The predicted octanol–water partition coefficient (Wildman–Crippen LogP) is 3.50. The second kappa shape index (κ2) is 8.12. The first kappa shape index (κ1) is 18.8. The summed E-state index contributed by atoms with van der Waals surface area (Å²) in [6.07, 6.45) is 3.43. The summed E-state index contributed by atoms with van der Waals surface area (Å²) in [5.74, 6) is 0. The molecule has 2 aromatic rings. The van der Waals surface area contributed by atoms with Crippen LogP contribution in [-0.4, -0.2) is 29.9 Å². The molecule has 2 N–H and O–H groups in total. The number of aromatic nitrogens is 1. The van der Waals surface area contributed by atoms with E-state index in [1.54, 1.807) is 37.6 Å². The average molecular weight is 396 g/mol. The van der Waals surface area contributed by atoms with E-state index in [1.165, 1.54) is 10.6 Å². The van der Waals surface area contributed by atoms with Gasteiger partial charge in [0.05, 0.1) is 28.4 Å². The van der Waals surface area contributed by atoms with E-state index in [0.717, 1.165) is 18.4 Å². The molecule has 3 rings (SSSR count). The molecule has 1 saturated carbocycles. The number of nitrogens with one attached hydrogen (secondary N) is 2. The fraction of sp³-hybridized carbons (Fsp3) is 0.333. The summed E-state index contributed by atoms with van der Waals surface area (Å²) in [7, 11) is 1.66. The first-order chi connectivity index (χ1) is 12.4. The molecule has 1 aliphatic carbocycles. The second-order valence-electron chi connectivity index (χ2n) is 6.26. The third-order valence-corrected chi connectivity index (χ3v) is 5.08. The number of halogens is 2.